The average molecular weight is 297 g/mol. The molecule has 6 heteroatoms. The maximum Gasteiger partial charge on any atom is 0.326 e. The van der Waals surface area contributed by atoms with E-state index in [1.807, 2.05) is 24.3 Å². The van der Waals surface area contributed by atoms with Gasteiger partial charge in [-0.1, -0.05) is 24.3 Å². The fourth-order valence-electron chi connectivity index (χ4n) is 2.05. The highest BCUT2D eigenvalue weighted by Crippen LogP contribution is 2.12. The Balaban J connectivity index is 2.18. The zero-order chi connectivity index (χ0) is 16.1. The first-order valence-electron chi connectivity index (χ1n) is 6.80. The highest BCUT2D eigenvalue weighted by atomic mass is 16.4. The van der Waals surface area contributed by atoms with E-state index in [1.54, 1.807) is 25.1 Å². The molecule has 0 aliphatic heterocycles. The van der Waals surface area contributed by atoms with Crippen molar-refractivity contribution in [1.29, 1.82) is 5.26 Å². The lowest BCUT2D eigenvalue weighted by atomic mass is 10.0. The van der Waals surface area contributed by atoms with E-state index in [0.29, 0.717) is 5.52 Å². The fourth-order valence-corrected chi connectivity index (χ4v) is 2.05. The van der Waals surface area contributed by atoms with Crippen LogP contribution < -0.4 is 5.32 Å². The van der Waals surface area contributed by atoms with Gasteiger partial charge < -0.3 is 10.4 Å². The molecule has 0 aliphatic rings. The number of amides is 1. The molecule has 1 aromatic heterocycles. The smallest absolute Gasteiger partial charge is 0.326 e. The maximum absolute atomic E-state index is 12.2. The Morgan fingerprint density at radius 3 is 2.73 bits per heavy atom. The van der Waals surface area contributed by atoms with E-state index in [1.165, 1.54) is 0 Å². The van der Waals surface area contributed by atoms with Gasteiger partial charge in [0.1, 0.15) is 11.7 Å². The van der Waals surface area contributed by atoms with Gasteiger partial charge in [-0.2, -0.15) is 5.26 Å². The molecule has 1 amide bonds. The topological polar surface area (TPSA) is 103 Å². The van der Waals surface area contributed by atoms with Crippen LogP contribution in [-0.4, -0.2) is 28.0 Å². The van der Waals surface area contributed by atoms with Gasteiger partial charge in [-0.05, 0) is 25.5 Å². The molecule has 0 aliphatic carbocycles. The van der Waals surface area contributed by atoms with Crippen LogP contribution in [0, 0.1) is 17.2 Å². The first-order valence-corrected chi connectivity index (χ1v) is 6.80. The molecule has 0 saturated heterocycles. The van der Waals surface area contributed by atoms with Crippen molar-refractivity contribution in [3.05, 3.63) is 42.1 Å². The number of nitriles is 1. The Labute approximate surface area is 127 Å². The summed E-state index contributed by atoms with van der Waals surface area (Å²) in [5.41, 5.74) is 0.807. The number of carbonyl (C=O) groups is 2. The van der Waals surface area contributed by atoms with Crippen LogP contribution in [0.5, 0.6) is 0 Å². The predicted octanol–water partition coefficient (Wildman–Crippen LogP) is 1.97. The van der Waals surface area contributed by atoms with Crippen molar-refractivity contribution in [3.63, 3.8) is 0 Å². The van der Waals surface area contributed by atoms with Crippen molar-refractivity contribution in [2.75, 3.05) is 0 Å². The standard InChI is InChI=1S/C16H15N3O3/c1-10(9-17)8-14(16(21)22)19-15(20)13-7-6-11-4-2-3-5-12(11)18-13/h2-7,10,14H,8H2,1H3,(H,19,20)(H,21,22)/t10-,14+/m1/s1. The Bertz CT molecular complexity index is 752. The van der Waals surface area contributed by atoms with Gasteiger partial charge in [0, 0.05) is 11.3 Å². The van der Waals surface area contributed by atoms with Gasteiger partial charge in [0.05, 0.1) is 11.6 Å². The molecule has 0 bridgehead atoms. The molecule has 1 aromatic carbocycles. The molecule has 1 heterocycles. The molecule has 2 N–H and O–H groups in total. The minimum atomic E-state index is -1.17. The highest BCUT2D eigenvalue weighted by Gasteiger charge is 2.23. The summed E-state index contributed by atoms with van der Waals surface area (Å²) in [7, 11) is 0. The number of carboxylic acids is 1. The van der Waals surface area contributed by atoms with Gasteiger partial charge in [-0.3, -0.25) is 4.79 Å². The summed E-state index contributed by atoms with van der Waals surface area (Å²) in [5, 5.41) is 21.2. The number of para-hydroxylation sites is 1. The third-order valence-electron chi connectivity index (χ3n) is 3.24. The molecule has 2 atom stereocenters. The summed E-state index contributed by atoms with van der Waals surface area (Å²) >= 11 is 0. The number of aliphatic carboxylic acids is 1. The second-order valence-corrected chi connectivity index (χ2v) is 5.02. The lowest BCUT2D eigenvalue weighted by Gasteiger charge is -2.15. The lowest BCUT2D eigenvalue weighted by Crippen LogP contribution is -2.42. The molecule has 22 heavy (non-hydrogen) atoms. The first kappa shape index (κ1) is 15.4. The molecule has 0 fully saturated rings. The molecule has 112 valence electrons. The number of nitrogens with zero attached hydrogens (tertiary/aromatic N) is 2. The Morgan fingerprint density at radius 2 is 2.05 bits per heavy atom. The van der Waals surface area contributed by atoms with Crippen molar-refractivity contribution < 1.29 is 14.7 Å². The van der Waals surface area contributed by atoms with E-state index in [-0.39, 0.29) is 12.1 Å². The van der Waals surface area contributed by atoms with Crippen molar-refractivity contribution >= 4 is 22.8 Å². The van der Waals surface area contributed by atoms with E-state index in [0.717, 1.165) is 5.39 Å². The van der Waals surface area contributed by atoms with E-state index in [2.05, 4.69) is 10.3 Å². The highest BCUT2D eigenvalue weighted by molar-refractivity contribution is 5.96. The quantitative estimate of drug-likeness (QED) is 0.878. The Kier molecular flexibility index (Phi) is 4.69. The van der Waals surface area contributed by atoms with Gasteiger partial charge in [0.15, 0.2) is 0 Å². The molecule has 0 unspecified atom stereocenters. The largest absolute Gasteiger partial charge is 0.480 e. The number of pyridine rings is 1. The third kappa shape index (κ3) is 3.58. The van der Waals surface area contributed by atoms with Crippen LogP contribution in [0.1, 0.15) is 23.8 Å². The first-order chi connectivity index (χ1) is 10.5. The lowest BCUT2D eigenvalue weighted by molar-refractivity contribution is -0.139. The van der Waals surface area contributed by atoms with Crippen LogP contribution in [0.4, 0.5) is 0 Å². The van der Waals surface area contributed by atoms with Crippen LogP contribution in [-0.2, 0) is 4.79 Å². The molecule has 0 spiro atoms. The van der Waals surface area contributed by atoms with Gasteiger partial charge in [-0.15, -0.1) is 0 Å². The number of hydrogen-bond acceptors (Lipinski definition) is 4. The van der Waals surface area contributed by atoms with E-state index in [9.17, 15) is 9.59 Å². The predicted molar refractivity (Wildman–Crippen MR) is 80.0 cm³/mol. The Hall–Kier alpha value is -2.94. The summed E-state index contributed by atoms with van der Waals surface area (Å²) in [6.45, 7) is 1.61. The number of hydrogen-bond donors (Lipinski definition) is 2. The van der Waals surface area contributed by atoms with Crippen LogP contribution in [0.15, 0.2) is 36.4 Å². The second-order valence-electron chi connectivity index (χ2n) is 5.02. The van der Waals surface area contributed by atoms with E-state index in [4.69, 9.17) is 10.4 Å². The minimum absolute atomic E-state index is 0.0468. The zero-order valence-electron chi connectivity index (χ0n) is 12.0. The normalized spacial score (nSPS) is 13.1. The summed E-state index contributed by atoms with van der Waals surface area (Å²) in [6, 6.07) is 11.5. The van der Waals surface area contributed by atoms with Crippen molar-refractivity contribution in [1.82, 2.24) is 10.3 Å². The van der Waals surface area contributed by atoms with E-state index < -0.39 is 23.8 Å². The summed E-state index contributed by atoms with van der Waals surface area (Å²) in [6.07, 6.45) is 0.0468. The number of rotatable bonds is 5. The van der Waals surface area contributed by atoms with Crippen molar-refractivity contribution in [2.24, 2.45) is 5.92 Å². The van der Waals surface area contributed by atoms with Crippen LogP contribution in [0.3, 0.4) is 0 Å². The molecule has 6 nitrogen and oxygen atoms in total. The summed E-state index contributed by atoms with van der Waals surface area (Å²) in [5.74, 6) is -2.20. The molecule has 0 radical (unpaired) electrons. The molecule has 2 aromatic rings. The Morgan fingerprint density at radius 1 is 1.32 bits per heavy atom. The zero-order valence-corrected chi connectivity index (χ0v) is 12.0. The van der Waals surface area contributed by atoms with E-state index >= 15 is 0 Å². The van der Waals surface area contributed by atoms with Crippen LogP contribution >= 0.6 is 0 Å². The minimum Gasteiger partial charge on any atom is -0.480 e. The van der Waals surface area contributed by atoms with Crippen LogP contribution in [0.2, 0.25) is 0 Å². The fraction of sp³-hybridized carbons (Fsp3) is 0.250. The van der Waals surface area contributed by atoms with Crippen LogP contribution in [0.25, 0.3) is 10.9 Å². The third-order valence-corrected chi connectivity index (χ3v) is 3.24. The second kappa shape index (κ2) is 6.68. The number of carbonyl (C=O) groups excluding carboxylic acids is 1. The number of aromatic nitrogens is 1. The van der Waals surface area contributed by atoms with Gasteiger partial charge >= 0.3 is 5.97 Å². The molecular weight excluding hydrogens is 282 g/mol. The van der Waals surface area contributed by atoms with Gasteiger partial charge in [0.25, 0.3) is 5.91 Å². The summed E-state index contributed by atoms with van der Waals surface area (Å²) in [4.78, 5) is 27.6. The average Bonchev–Trinajstić information content (AvgIpc) is 2.53. The van der Waals surface area contributed by atoms with Crippen molar-refractivity contribution in [3.8, 4) is 6.07 Å². The van der Waals surface area contributed by atoms with Gasteiger partial charge in [-0.25, -0.2) is 9.78 Å². The van der Waals surface area contributed by atoms with Crippen molar-refractivity contribution in [2.45, 2.75) is 19.4 Å². The number of carboxylic acid groups (broad SMARTS) is 1. The molecule has 0 saturated carbocycles. The monoisotopic (exact) mass is 297 g/mol. The maximum atomic E-state index is 12.2. The van der Waals surface area contributed by atoms with Gasteiger partial charge in [0.2, 0.25) is 0 Å². The number of fused-ring (bicyclic) bond motifs is 1. The molecule has 2 rings (SSSR count). The number of benzene rings is 1. The summed E-state index contributed by atoms with van der Waals surface area (Å²) < 4.78 is 0. The molecular formula is C16H15N3O3. The SMILES string of the molecule is C[C@@H](C#N)C[C@H](NC(=O)c1ccc2ccccc2n1)C(=O)O. The number of nitrogens with one attached hydrogen (secondary N) is 1.